The Hall–Kier alpha value is -2.40. The van der Waals surface area contributed by atoms with Crippen molar-refractivity contribution in [3.05, 3.63) is 47.0 Å². The van der Waals surface area contributed by atoms with E-state index < -0.39 is 5.91 Å². The van der Waals surface area contributed by atoms with Gasteiger partial charge in [-0.1, -0.05) is 17.7 Å². The van der Waals surface area contributed by atoms with Crippen LogP contribution in [0, 0.1) is 0 Å². The van der Waals surface area contributed by atoms with Crippen molar-refractivity contribution < 1.29 is 20.1 Å². The number of carbonyl (C=O) groups is 1. The first-order chi connectivity index (χ1) is 8.99. The van der Waals surface area contributed by atoms with Crippen LogP contribution in [0.1, 0.15) is 10.4 Å². The van der Waals surface area contributed by atoms with Gasteiger partial charge in [-0.2, -0.15) is 0 Å². The van der Waals surface area contributed by atoms with Gasteiger partial charge in [-0.25, -0.2) is 0 Å². The molecule has 19 heavy (non-hydrogen) atoms. The maximum absolute atomic E-state index is 11.9. The largest absolute Gasteiger partial charge is 0.507 e. The Morgan fingerprint density at radius 1 is 1.00 bits per heavy atom. The first-order valence-corrected chi connectivity index (χ1v) is 5.67. The Bertz CT molecular complexity index is 622. The van der Waals surface area contributed by atoms with E-state index in [1.54, 1.807) is 0 Å². The summed E-state index contributed by atoms with van der Waals surface area (Å²) < 4.78 is 0. The summed E-state index contributed by atoms with van der Waals surface area (Å²) in [6, 6.07) is 8.11. The summed E-state index contributed by atoms with van der Waals surface area (Å²) in [5.41, 5.74) is 0.0992. The Labute approximate surface area is 113 Å². The first-order valence-electron chi connectivity index (χ1n) is 5.30. The number of carbonyl (C=O) groups excluding carboxylic acids is 1. The lowest BCUT2D eigenvalue weighted by Gasteiger charge is -2.09. The van der Waals surface area contributed by atoms with Crippen LogP contribution in [0.4, 0.5) is 5.69 Å². The lowest BCUT2D eigenvalue weighted by Crippen LogP contribution is -2.12. The highest BCUT2D eigenvalue weighted by atomic mass is 35.5. The standard InChI is InChI=1S/C13H10ClNO4/c14-8-6-7(4-5-9(8)16)15-13(19)12-10(17)2-1-3-11(12)18/h1-6,16-18H,(H,15,19). The topological polar surface area (TPSA) is 89.8 Å². The predicted octanol–water partition coefficient (Wildman–Crippen LogP) is 2.71. The molecule has 6 heteroatoms. The number of rotatable bonds is 2. The van der Waals surface area contributed by atoms with Crippen LogP contribution in [-0.2, 0) is 0 Å². The van der Waals surface area contributed by atoms with Crippen LogP contribution in [0.15, 0.2) is 36.4 Å². The van der Waals surface area contributed by atoms with Crippen molar-refractivity contribution in [2.45, 2.75) is 0 Å². The number of anilines is 1. The molecule has 0 saturated carbocycles. The molecule has 5 nitrogen and oxygen atoms in total. The van der Waals surface area contributed by atoms with E-state index in [4.69, 9.17) is 11.6 Å². The summed E-state index contributed by atoms with van der Waals surface area (Å²) in [6.45, 7) is 0. The fourth-order valence-corrected chi connectivity index (χ4v) is 1.72. The fourth-order valence-electron chi connectivity index (χ4n) is 1.54. The highest BCUT2D eigenvalue weighted by Crippen LogP contribution is 2.29. The monoisotopic (exact) mass is 279 g/mol. The molecule has 2 aromatic carbocycles. The Kier molecular flexibility index (Phi) is 3.48. The number of phenolic OH excluding ortho intramolecular Hbond substituents is 3. The molecule has 0 radical (unpaired) electrons. The van der Waals surface area contributed by atoms with Gasteiger partial charge in [0.15, 0.2) is 0 Å². The molecule has 2 rings (SSSR count). The molecule has 0 aliphatic rings. The second-order valence-corrected chi connectivity index (χ2v) is 4.20. The van der Waals surface area contributed by atoms with Crippen LogP contribution in [0.2, 0.25) is 5.02 Å². The molecule has 0 unspecified atom stereocenters. The van der Waals surface area contributed by atoms with Crippen molar-refractivity contribution in [3.8, 4) is 17.2 Å². The first kappa shape index (κ1) is 13.0. The second kappa shape index (κ2) is 5.07. The maximum Gasteiger partial charge on any atom is 0.263 e. The molecule has 0 bridgehead atoms. The Morgan fingerprint density at radius 2 is 1.63 bits per heavy atom. The van der Waals surface area contributed by atoms with Gasteiger partial charge in [0, 0.05) is 5.69 Å². The maximum atomic E-state index is 11.9. The van der Waals surface area contributed by atoms with Crippen molar-refractivity contribution in [1.82, 2.24) is 0 Å². The highest BCUT2D eigenvalue weighted by Gasteiger charge is 2.16. The minimum absolute atomic E-state index is 0.0827. The lowest BCUT2D eigenvalue weighted by molar-refractivity contribution is 0.102. The zero-order valence-electron chi connectivity index (χ0n) is 9.59. The van der Waals surface area contributed by atoms with E-state index in [2.05, 4.69) is 5.32 Å². The number of hydrogen-bond donors (Lipinski definition) is 4. The van der Waals surface area contributed by atoms with Crippen molar-refractivity contribution in [3.63, 3.8) is 0 Å². The molecule has 0 heterocycles. The van der Waals surface area contributed by atoms with Crippen molar-refractivity contribution >= 4 is 23.2 Å². The van der Waals surface area contributed by atoms with Crippen LogP contribution in [0.25, 0.3) is 0 Å². The zero-order chi connectivity index (χ0) is 14.0. The molecule has 4 N–H and O–H groups in total. The third-order valence-corrected chi connectivity index (χ3v) is 2.76. The molecule has 2 aromatic rings. The number of benzene rings is 2. The molecule has 98 valence electrons. The molecular formula is C13H10ClNO4. The van der Waals surface area contributed by atoms with Gasteiger partial charge in [-0.3, -0.25) is 4.79 Å². The summed E-state index contributed by atoms with van der Waals surface area (Å²) in [4.78, 5) is 11.9. The van der Waals surface area contributed by atoms with E-state index in [1.165, 1.54) is 36.4 Å². The fraction of sp³-hybridized carbons (Fsp3) is 0. The van der Waals surface area contributed by atoms with E-state index in [1.807, 2.05) is 0 Å². The minimum Gasteiger partial charge on any atom is -0.507 e. The van der Waals surface area contributed by atoms with Gasteiger partial charge < -0.3 is 20.6 Å². The van der Waals surface area contributed by atoms with Gasteiger partial charge in [0.2, 0.25) is 0 Å². The van der Waals surface area contributed by atoms with Crippen molar-refractivity contribution in [1.29, 1.82) is 0 Å². The van der Waals surface area contributed by atoms with Gasteiger partial charge in [0.25, 0.3) is 5.91 Å². The van der Waals surface area contributed by atoms with E-state index >= 15 is 0 Å². The van der Waals surface area contributed by atoms with Gasteiger partial charge in [0.05, 0.1) is 5.02 Å². The summed E-state index contributed by atoms with van der Waals surface area (Å²) in [5, 5.41) is 30.9. The molecule has 0 spiro atoms. The van der Waals surface area contributed by atoms with Crippen molar-refractivity contribution in [2.24, 2.45) is 0 Å². The van der Waals surface area contributed by atoms with Crippen LogP contribution >= 0.6 is 11.6 Å². The van der Waals surface area contributed by atoms with E-state index in [0.717, 1.165) is 0 Å². The average molecular weight is 280 g/mol. The van der Waals surface area contributed by atoms with Crippen LogP contribution in [0.5, 0.6) is 17.2 Å². The van der Waals surface area contributed by atoms with E-state index in [9.17, 15) is 20.1 Å². The second-order valence-electron chi connectivity index (χ2n) is 3.79. The van der Waals surface area contributed by atoms with Gasteiger partial charge >= 0.3 is 0 Å². The zero-order valence-corrected chi connectivity index (χ0v) is 10.3. The molecular weight excluding hydrogens is 270 g/mol. The Morgan fingerprint density at radius 3 is 2.21 bits per heavy atom. The molecule has 0 aliphatic carbocycles. The molecule has 0 atom stereocenters. The van der Waals surface area contributed by atoms with Gasteiger partial charge in [-0.05, 0) is 30.3 Å². The van der Waals surface area contributed by atoms with Crippen LogP contribution in [-0.4, -0.2) is 21.2 Å². The third kappa shape index (κ3) is 2.71. The number of nitrogens with one attached hydrogen (secondary N) is 1. The lowest BCUT2D eigenvalue weighted by atomic mass is 10.1. The number of phenols is 3. The number of aromatic hydroxyl groups is 3. The summed E-state index contributed by atoms with van der Waals surface area (Å²) in [6.07, 6.45) is 0. The normalized spacial score (nSPS) is 10.2. The summed E-state index contributed by atoms with van der Waals surface area (Å²) in [5.74, 6) is -1.45. The van der Waals surface area contributed by atoms with Gasteiger partial charge in [-0.15, -0.1) is 0 Å². The average Bonchev–Trinajstić information content (AvgIpc) is 2.33. The SMILES string of the molecule is O=C(Nc1ccc(O)c(Cl)c1)c1c(O)cccc1O. The summed E-state index contributed by atoms with van der Waals surface area (Å²) in [7, 11) is 0. The van der Waals surface area contributed by atoms with E-state index in [-0.39, 0.29) is 27.8 Å². The number of hydrogen-bond acceptors (Lipinski definition) is 4. The summed E-state index contributed by atoms with van der Waals surface area (Å²) >= 11 is 5.71. The third-order valence-electron chi connectivity index (χ3n) is 2.45. The molecule has 1 amide bonds. The van der Waals surface area contributed by atoms with Crippen molar-refractivity contribution in [2.75, 3.05) is 5.32 Å². The smallest absolute Gasteiger partial charge is 0.263 e. The minimum atomic E-state index is -0.683. The van der Waals surface area contributed by atoms with Crippen LogP contribution in [0.3, 0.4) is 0 Å². The Balaban J connectivity index is 2.28. The number of amides is 1. The van der Waals surface area contributed by atoms with Crippen LogP contribution < -0.4 is 5.32 Å². The van der Waals surface area contributed by atoms with E-state index in [0.29, 0.717) is 5.69 Å². The predicted molar refractivity (Wildman–Crippen MR) is 70.8 cm³/mol. The molecule has 0 fully saturated rings. The molecule has 0 aromatic heterocycles. The quantitative estimate of drug-likeness (QED) is 0.636. The van der Waals surface area contributed by atoms with Gasteiger partial charge in [0.1, 0.15) is 22.8 Å². The highest BCUT2D eigenvalue weighted by molar-refractivity contribution is 6.32. The molecule has 0 aliphatic heterocycles. The number of halogens is 1. The molecule has 0 saturated heterocycles.